The van der Waals surface area contributed by atoms with Gasteiger partial charge >= 0.3 is 0 Å². The third kappa shape index (κ3) is 3.78. The zero-order valence-corrected chi connectivity index (χ0v) is 12.7. The molecule has 1 atom stereocenters. The quantitative estimate of drug-likeness (QED) is 0.878. The van der Waals surface area contributed by atoms with Crippen LogP contribution in [0.2, 0.25) is 10.0 Å². The minimum Gasteiger partial charge on any atom is -0.481 e. The highest BCUT2D eigenvalue weighted by atomic mass is 35.5. The molecule has 1 saturated carbocycles. The maximum atomic E-state index is 11.9. The maximum Gasteiger partial charge on any atom is 0.260 e. The van der Waals surface area contributed by atoms with Gasteiger partial charge < -0.3 is 15.2 Å². The van der Waals surface area contributed by atoms with Crippen LogP contribution >= 0.6 is 23.2 Å². The van der Waals surface area contributed by atoms with Gasteiger partial charge in [-0.1, -0.05) is 23.2 Å². The van der Waals surface area contributed by atoms with Crippen molar-refractivity contribution in [2.24, 2.45) is 0 Å². The van der Waals surface area contributed by atoms with Crippen molar-refractivity contribution in [3.63, 3.8) is 0 Å². The van der Waals surface area contributed by atoms with E-state index in [0.717, 1.165) is 19.3 Å². The summed E-state index contributed by atoms with van der Waals surface area (Å²) in [6, 6.07) is 4.82. The van der Waals surface area contributed by atoms with Gasteiger partial charge in [-0.3, -0.25) is 4.79 Å². The van der Waals surface area contributed by atoms with Crippen molar-refractivity contribution < 1.29 is 14.6 Å². The van der Waals surface area contributed by atoms with Crippen molar-refractivity contribution in [1.29, 1.82) is 0 Å². The second-order valence-electron chi connectivity index (χ2n) is 5.13. The van der Waals surface area contributed by atoms with Gasteiger partial charge in [0.2, 0.25) is 0 Å². The molecule has 1 aliphatic rings. The largest absolute Gasteiger partial charge is 0.481 e. The highest BCUT2D eigenvalue weighted by molar-refractivity contribution is 6.42. The summed E-state index contributed by atoms with van der Waals surface area (Å²) < 4.78 is 5.49. The smallest absolute Gasteiger partial charge is 0.260 e. The first-order chi connectivity index (χ1) is 9.39. The summed E-state index contributed by atoms with van der Waals surface area (Å²) in [5, 5.41) is 13.4. The van der Waals surface area contributed by atoms with Crippen LogP contribution in [-0.4, -0.2) is 29.3 Å². The molecule has 0 heterocycles. The van der Waals surface area contributed by atoms with Crippen LogP contribution in [0.5, 0.6) is 5.75 Å². The van der Waals surface area contributed by atoms with Gasteiger partial charge in [0.15, 0.2) is 6.10 Å². The molecule has 1 aromatic rings. The summed E-state index contributed by atoms with van der Waals surface area (Å²) in [6.07, 6.45) is 1.79. The molecule has 0 radical (unpaired) electrons. The van der Waals surface area contributed by atoms with Crippen molar-refractivity contribution in [3.8, 4) is 5.75 Å². The van der Waals surface area contributed by atoms with E-state index in [1.807, 2.05) is 0 Å². The number of rotatable bonds is 5. The Hall–Kier alpha value is -0.970. The van der Waals surface area contributed by atoms with Gasteiger partial charge in [0.05, 0.1) is 15.6 Å². The lowest BCUT2D eigenvalue weighted by molar-refractivity contribution is -0.129. The van der Waals surface area contributed by atoms with Crippen LogP contribution in [0.1, 0.15) is 26.2 Å². The number of hydrogen-bond donors (Lipinski definition) is 2. The third-order valence-electron chi connectivity index (χ3n) is 3.45. The van der Waals surface area contributed by atoms with Crippen molar-refractivity contribution in [1.82, 2.24) is 5.32 Å². The van der Waals surface area contributed by atoms with E-state index in [1.165, 1.54) is 0 Å². The number of aliphatic hydroxyl groups is 1. The monoisotopic (exact) mass is 317 g/mol. The van der Waals surface area contributed by atoms with Crippen LogP contribution in [0, 0.1) is 0 Å². The zero-order valence-electron chi connectivity index (χ0n) is 11.2. The Kier molecular flexibility index (Phi) is 4.78. The summed E-state index contributed by atoms with van der Waals surface area (Å²) in [5.74, 6) is 0.209. The first-order valence-corrected chi connectivity index (χ1v) is 7.27. The van der Waals surface area contributed by atoms with E-state index in [-0.39, 0.29) is 12.5 Å². The van der Waals surface area contributed by atoms with E-state index < -0.39 is 11.7 Å². The second kappa shape index (κ2) is 6.20. The lowest BCUT2D eigenvalue weighted by Crippen LogP contribution is -2.50. The van der Waals surface area contributed by atoms with Gasteiger partial charge in [0.1, 0.15) is 5.75 Å². The molecule has 1 amide bonds. The van der Waals surface area contributed by atoms with Crippen LogP contribution in [0.3, 0.4) is 0 Å². The van der Waals surface area contributed by atoms with E-state index in [2.05, 4.69) is 5.32 Å². The number of nitrogens with one attached hydrogen (secondary N) is 1. The number of carbonyl (C=O) groups excluding carboxylic acids is 1. The summed E-state index contributed by atoms with van der Waals surface area (Å²) in [6.45, 7) is 1.91. The highest BCUT2D eigenvalue weighted by Gasteiger charge is 2.35. The van der Waals surface area contributed by atoms with E-state index in [9.17, 15) is 9.90 Å². The van der Waals surface area contributed by atoms with Gasteiger partial charge in [-0.2, -0.15) is 0 Å². The molecule has 1 aromatic carbocycles. The molecule has 2 rings (SSSR count). The average Bonchev–Trinajstić information content (AvgIpc) is 2.38. The molecule has 0 aliphatic heterocycles. The van der Waals surface area contributed by atoms with Gasteiger partial charge in [0, 0.05) is 12.6 Å². The molecule has 2 N–H and O–H groups in total. The number of hydrogen-bond acceptors (Lipinski definition) is 3. The van der Waals surface area contributed by atoms with E-state index in [0.29, 0.717) is 15.8 Å². The molecule has 4 nitrogen and oxygen atoms in total. The molecule has 0 aromatic heterocycles. The summed E-state index contributed by atoms with van der Waals surface area (Å²) in [4.78, 5) is 11.9. The first kappa shape index (κ1) is 15.4. The van der Waals surface area contributed by atoms with Crippen LogP contribution < -0.4 is 10.1 Å². The average molecular weight is 318 g/mol. The topological polar surface area (TPSA) is 58.6 Å². The van der Waals surface area contributed by atoms with Gasteiger partial charge in [-0.25, -0.2) is 0 Å². The van der Waals surface area contributed by atoms with Crippen LogP contribution in [0.15, 0.2) is 18.2 Å². The number of carbonyl (C=O) groups is 1. The molecule has 1 fully saturated rings. The Morgan fingerprint density at radius 3 is 2.70 bits per heavy atom. The fourth-order valence-corrected chi connectivity index (χ4v) is 2.25. The minimum absolute atomic E-state index is 0.265. The van der Waals surface area contributed by atoms with Crippen molar-refractivity contribution in [2.45, 2.75) is 37.9 Å². The molecule has 0 spiro atoms. The highest BCUT2D eigenvalue weighted by Crippen LogP contribution is 2.30. The molecule has 1 aliphatic carbocycles. The Morgan fingerprint density at radius 2 is 2.15 bits per heavy atom. The fraction of sp³-hybridized carbons (Fsp3) is 0.500. The Labute approximate surface area is 128 Å². The molecule has 0 saturated heterocycles. The zero-order chi connectivity index (χ0) is 14.8. The van der Waals surface area contributed by atoms with E-state index in [4.69, 9.17) is 27.9 Å². The van der Waals surface area contributed by atoms with Crippen LogP contribution in [0.4, 0.5) is 0 Å². The summed E-state index contributed by atoms with van der Waals surface area (Å²) >= 11 is 11.7. The molecule has 0 unspecified atom stereocenters. The number of halogens is 2. The molecule has 110 valence electrons. The second-order valence-corrected chi connectivity index (χ2v) is 5.95. The fourth-order valence-electron chi connectivity index (χ4n) is 1.96. The standard InChI is InChI=1S/C14H17Cl2NO3/c1-9(13(18)17-8-14(19)5-2-6-14)20-10-3-4-11(15)12(16)7-10/h3-4,7,9,19H,2,5-6,8H2,1H3,(H,17,18)/t9-/m1/s1. The number of benzene rings is 1. The first-order valence-electron chi connectivity index (χ1n) is 6.51. The Balaban J connectivity index is 1.85. The Morgan fingerprint density at radius 1 is 1.45 bits per heavy atom. The van der Waals surface area contributed by atoms with Gasteiger partial charge in [-0.05, 0) is 38.3 Å². The van der Waals surface area contributed by atoms with Crippen molar-refractivity contribution in [3.05, 3.63) is 28.2 Å². The van der Waals surface area contributed by atoms with Gasteiger partial charge in [0.25, 0.3) is 5.91 Å². The number of amides is 1. The number of ether oxygens (including phenoxy) is 1. The van der Waals surface area contributed by atoms with E-state index >= 15 is 0 Å². The predicted octanol–water partition coefficient (Wildman–Crippen LogP) is 2.79. The van der Waals surface area contributed by atoms with Crippen molar-refractivity contribution in [2.75, 3.05) is 6.54 Å². The van der Waals surface area contributed by atoms with Crippen LogP contribution in [0.25, 0.3) is 0 Å². The lowest BCUT2D eigenvalue weighted by Gasteiger charge is -2.36. The van der Waals surface area contributed by atoms with Gasteiger partial charge in [-0.15, -0.1) is 0 Å². The van der Waals surface area contributed by atoms with Crippen molar-refractivity contribution >= 4 is 29.1 Å². The maximum absolute atomic E-state index is 11.9. The normalized spacial score (nSPS) is 18.0. The van der Waals surface area contributed by atoms with E-state index in [1.54, 1.807) is 25.1 Å². The third-order valence-corrected chi connectivity index (χ3v) is 4.19. The Bertz CT molecular complexity index is 503. The summed E-state index contributed by atoms with van der Waals surface area (Å²) in [7, 11) is 0. The SMILES string of the molecule is C[C@@H](Oc1ccc(Cl)c(Cl)c1)C(=O)NCC1(O)CCC1. The van der Waals surface area contributed by atoms with Crippen LogP contribution in [-0.2, 0) is 4.79 Å². The summed E-state index contributed by atoms with van der Waals surface area (Å²) in [5.41, 5.74) is -0.737. The molecule has 6 heteroatoms. The molecular formula is C14H17Cl2NO3. The molecule has 0 bridgehead atoms. The predicted molar refractivity (Wildman–Crippen MR) is 78.4 cm³/mol. The molecular weight excluding hydrogens is 301 g/mol. The minimum atomic E-state index is -0.737. The molecule has 20 heavy (non-hydrogen) atoms. The lowest BCUT2D eigenvalue weighted by atomic mass is 9.80.